The number of hydrogen-bond donors (Lipinski definition) is 0. The Hall–Kier alpha value is -2.02. The Morgan fingerprint density at radius 3 is 2.39 bits per heavy atom. The van der Waals surface area contributed by atoms with Gasteiger partial charge in [-0.3, -0.25) is 0 Å². The normalized spacial score (nSPS) is 26.5. The Bertz CT molecular complexity index is 898. The largest absolute Gasteiger partial charge is 0.573 e. The van der Waals surface area contributed by atoms with Crippen molar-refractivity contribution in [2.75, 3.05) is 0 Å². The maximum Gasteiger partial charge on any atom is 0.573 e. The van der Waals surface area contributed by atoms with E-state index in [2.05, 4.69) is 9.89 Å². The summed E-state index contributed by atoms with van der Waals surface area (Å²) in [5.41, 5.74) is 1.45. The van der Waals surface area contributed by atoms with Gasteiger partial charge in [-0.1, -0.05) is 43.0 Å². The van der Waals surface area contributed by atoms with E-state index in [9.17, 15) is 13.2 Å². The van der Waals surface area contributed by atoms with Gasteiger partial charge >= 0.3 is 6.36 Å². The molecule has 0 radical (unpaired) electrons. The monoisotopic (exact) mass is 435 g/mol. The van der Waals surface area contributed by atoms with E-state index in [0.29, 0.717) is 12.3 Å². The van der Waals surface area contributed by atoms with Gasteiger partial charge in [-0.15, -0.1) is 13.2 Å². The van der Waals surface area contributed by atoms with Crippen LogP contribution < -0.4 is 4.74 Å². The average Bonchev–Trinajstić information content (AvgIpc) is 3.47. The van der Waals surface area contributed by atoms with Crippen molar-refractivity contribution in [1.29, 1.82) is 0 Å². The fourth-order valence-corrected chi connectivity index (χ4v) is 5.23. The first-order valence-electron chi connectivity index (χ1n) is 11.4. The van der Waals surface area contributed by atoms with Crippen molar-refractivity contribution in [3.05, 3.63) is 35.6 Å². The molecule has 4 aliphatic carbocycles. The third-order valence-electron chi connectivity index (χ3n) is 7.06. The van der Waals surface area contributed by atoms with Crippen LogP contribution in [-0.2, 0) is 11.3 Å². The first kappa shape index (κ1) is 20.9. The summed E-state index contributed by atoms with van der Waals surface area (Å²) in [6, 6.07) is 6.10. The summed E-state index contributed by atoms with van der Waals surface area (Å²) in [5, 5.41) is 4.17. The van der Waals surface area contributed by atoms with Crippen molar-refractivity contribution in [3.8, 4) is 17.0 Å². The molecule has 0 unspecified atom stereocenters. The molecule has 2 bridgehead atoms. The Kier molecular flexibility index (Phi) is 5.71. The van der Waals surface area contributed by atoms with Crippen molar-refractivity contribution < 1.29 is 27.2 Å². The predicted molar refractivity (Wildman–Crippen MR) is 108 cm³/mol. The molecule has 0 aliphatic heterocycles. The number of halogens is 3. The van der Waals surface area contributed by atoms with Crippen LogP contribution in [0.2, 0.25) is 0 Å². The average molecular weight is 435 g/mol. The van der Waals surface area contributed by atoms with Crippen molar-refractivity contribution in [2.24, 2.45) is 11.8 Å². The molecule has 0 spiro atoms. The van der Waals surface area contributed by atoms with E-state index >= 15 is 0 Å². The van der Waals surface area contributed by atoms with Crippen LogP contribution in [0.1, 0.15) is 75.0 Å². The highest BCUT2D eigenvalue weighted by Gasteiger charge is 2.36. The minimum Gasteiger partial charge on any atom is -0.405 e. The van der Waals surface area contributed by atoms with E-state index in [-0.39, 0.29) is 23.3 Å². The van der Waals surface area contributed by atoms with Gasteiger partial charge in [-0.2, -0.15) is 0 Å². The van der Waals surface area contributed by atoms with Crippen LogP contribution in [0.5, 0.6) is 5.75 Å². The highest BCUT2D eigenvalue weighted by molar-refractivity contribution is 5.70. The summed E-state index contributed by atoms with van der Waals surface area (Å²) in [5.74, 6) is 2.32. The summed E-state index contributed by atoms with van der Waals surface area (Å²) in [6.07, 6.45) is 6.02. The van der Waals surface area contributed by atoms with E-state index < -0.39 is 6.36 Å². The maximum atomic E-state index is 12.9. The smallest absolute Gasteiger partial charge is 0.405 e. The van der Waals surface area contributed by atoms with Crippen LogP contribution >= 0.6 is 0 Å². The number of hydrogen-bond acceptors (Lipinski definition) is 4. The Labute approximate surface area is 180 Å². The zero-order valence-electron chi connectivity index (χ0n) is 17.5. The van der Waals surface area contributed by atoms with Crippen molar-refractivity contribution in [1.82, 2.24) is 5.16 Å². The van der Waals surface area contributed by atoms with Gasteiger partial charge in [0.2, 0.25) is 0 Å². The summed E-state index contributed by atoms with van der Waals surface area (Å²) >= 11 is 0. The predicted octanol–water partition coefficient (Wildman–Crippen LogP) is 6.99. The second kappa shape index (κ2) is 8.49. The van der Waals surface area contributed by atoms with Crippen LogP contribution in [0.15, 0.2) is 28.8 Å². The van der Waals surface area contributed by atoms with Gasteiger partial charge in [0.25, 0.3) is 0 Å². The third kappa shape index (κ3) is 4.92. The lowest BCUT2D eigenvalue weighted by Crippen LogP contribution is -2.26. The molecule has 31 heavy (non-hydrogen) atoms. The topological polar surface area (TPSA) is 44.5 Å². The number of alkyl halides is 3. The van der Waals surface area contributed by atoms with E-state index in [4.69, 9.17) is 9.26 Å². The number of rotatable bonds is 6. The van der Waals surface area contributed by atoms with Gasteiger partial charge < -0.3 is 14.0 Å². The molecule has 1 atom stereocenters. The number of para-hydroxylation sites is 1. The number of benzene rings is 1. The minimum absolute atomic E-state index is 0.185. The molecule has 4 fully saturated rings. The van der Waals surface area contributed by atoms with Crippen LogP contribution in [0, 0.1) is 11.8 Å². The van der Waals surface area contributed by atoms with Gasteiger partial charge in [0, 0.05) is 17.0 Å². The maximum absolute atomic E-state index is 12.9. The summed E-state index contributed by atoms with van der Waals surface area (Å²) < 4.78 is 55.0. The van der Waals surface area contributed by atoms with E-state index in [1.165, 1.54) is 44.2 Å². The Morgan fingerprint density at radius 1 is 0.935 bits per heavy atom. The molecule has 7 heteroatoms. The Balaban J connectivity index is 1.39. The quantitative estimate of drug-likeness (QED) is 0.490. The highest BCUT2D eigenvalue weighted by atomic mass is 19.4. The van der Waals surface area contributed by atoms with Crippen LogP contribution in [0.4, 0.5) is 13.2 Å². The lowest BCUT2D eigenvalue weighted by molar-refractivity contribution is -0.274. The zero-order chi connectivity index (χ0) is 21.4. The molecule has 1 heterocycles. The molecule has 1 aromatic carbocycles. The van der Waals surface area contributed by atoms with E-state index in [1.807, 2.05) is 0 Å². The molecular formula is C24H28F3NO3. The summed E-state index contributed by atoms with van der Waals surface area (Å²) in [4.78, 5) is 0. The molecule has 168 valence electrons. The molecule has 6 rings (SSSR count). The zero-order valence-corrected chi connectivity index (χ0v) is 17.5. The van der Waals surface area contributed by atoms with Crippen LogP contribution in [0.25, 0.3) is 11.3 Å². The number of nitrogens with zero attached hydrogens (tertiary/aromatic N) is 1. The first-order chi connectivity index (χ1) is 15.0. The molecule has 4 aliphatic rings. The van der Waals surface area contributed by atoms with Gasteiger partial charge in [-0.25, -0.2) is 0 Å². The summed E-state index contributed by atoms with van der Waals surface area (Å²) in [7, 11) is 0. The Morgan fingerprint density at radius 2 is 1.65 bits per heavy atom. The molecule has 4 nitrogen and oxygen atoms in total. The van der Waals surface area contributed by atoms with Gasteiger partial charge in [0.15, 0.2) is 0 Å². The van der Waals surface area contributed by atoms with E-state index in [0.717, 1.165) is 48.8 Å². The van der Waals surface area contributed by atoms with Crippen LogP contribution in [-0.4, -0.2) is 17.6 Å². The number of ether oxygens (including phenoxy) is 2. The number of fused-ring (bicyclic) bond motifs is 5. The lowest BCUT2D eigenvalue weighted by Gasteiger charge is -2.35. The van der Waals surface area contributed by atoms with Gasteiger partial charge in [0.1, 0.15) is 17.2 Å². The second-order valence-corrected chi connectivity index (χ2v) is 9.33. The molecule has 2 aromatic rings. The minimum atomic E-state index is -4.77. The van der Waals surface area contributed by atoms with Crippen LogP contribution in [0.3, 0.4) is 0 Å². The molecule has 0 amide bonds. The molecule has 0 N–H and O–H groups in total. The molecule has 4 saturated carbocycles. The second-order valence-electron chi connectivity index (χ2n) is 9.33. The third-order valence-corrected chi connectivity index (χ3v) is 7.06. The molecule has 0 saturated heterocycles. The SMILES string of the molecule is FC(F)(F)Oc1ccccc1-c1noc(C2CC2)c1CO[C@@H]1CC[C@H]2CC[C@@H](CC2)C1. The van der Waals surface area contributed by atoms with Crippen molar-refractivity contribution in [2.45, 2.75) is 82.8 Å². The highest BCUT2D eigenvalue weighted by Crippen LogP contribution is 2.46. The lowest BCUT2D eigenvalue weighted by atomic mass is 9.74. The van der Waals surface area contributed by atoms with Crippen molar-refractivity contribution >= 4 is 0 Å². The fourth-order valence-electron chi connectivity index (χ4n) is 5.23. The number of aromatic nitrogens is 1. The molecular weight excluding hydrogens is 407 g/mol. The van der Waals surface area contributed by atoms with Gasteiger partial charge in [0.05, 0.1) is 12.7 Å². The van der Waals surface area contributed by atoms with Crippen molar-refractivity contribution in [3.63, 3.8) is 0 Å². The fraction of sp³-hybridized carbons (Fsp3) is 0.625. The summed E-state index contributed by atoms with van der Waals surface area (Å²) in [6.45, 7) is 0.313. The van der Waals surface area contributed by atoms with E-state index in [1.54, 1.807) is 12.1 Å². The standard InChI is InChI=1S/C24H28F3NO3/c25-24(26,27)30-21-4-2-1-3-19(21)22-20(23(31-28-22)17-10-11-17)14-29-18-12-9-15-5-7-16(13-18)8-6-15/h1-4,15-18H,5-14H2/t15-,16-,18-/m1/s1. The van der Waals surface area contributed by atoms with Gasteiger partial charge in [-0.05, 0) is 56.1 Å². The first-order valence-corrected chi connectivity index (χ1v) is 11.4. The molecule has 1 aromatic heterocycles.